The topological polar surface area (TPSA) is 35.5 Å². The highest BCUT2D eigenvalue weighted by Gasteiger charge is 2.13. The molecule has 0 unspecified atom stereocenters. The SMILES string of the molecule is COC(=O)c1ccccc1Oc1ccccc1Br. The van der Waals surface area contributed by atoms with E-state index in [2.05, 4.69) is 15.9 Å². The Morgan fingerprint density at radius 2 is 1.61 bits per heavy atom. The smallest absolute Gasteiger partial charge is 0.341 e. The van der Waals surface area contributed by atoms with E-state index in [4.69, 9.17) is 9.47 Å². The van der Waals surface area contributed by atoms with Gasteiger partial charge in [-0.15, -0.1) is 0 Å². The van der Waals surface area contributed by atoms with E-state index in [0.29, 0.717) is 17.1 Å². The molecule has 0 aromatic heterocycles. The quantitative estimate of drug-likeness (QED) is 0.803. The Morgan fingerprint density at radius 3 is 2.28 bits per heavy atom. The number of esters is 1. The Morgan fingerprint density at radius 1 is 1.00 bits per heavy atom. The van der Waals surface area contributed by atoms with Crippen molar-refractivity contribution in [3.63, 3.8) is 0 Å². The van der Waals surface area contributed by atoms with Crippen LogP contribution in [0.2, 0.25) is 0 Å². The molecular weight excluding hydrogens is 296 g/mol. The van der Waals surface area contributed by atoms with Crippen LogP contribution < -0.4 is 4.74 Å². The summed E-state index contributed by atoms with van der Waals surface area (Å²) in [7, 11) is 1.34. The van der Waals surface area contributed by atoms with Crippen molar-refractivity contribution in [2.75, 3.05) is 7.11 Å². The molecule has 0 spiro atoms. The highest BCUT2D eigenvalue weighted by molar-refractivity contribution is 9.10. The Labute approximate surface area is 113 Å². The van der Waals surface area contributed by atoms with Gasteiger partial charge < -0.3 is 9.47 Å². The van der Waals surface area contributed by atoms with Gasteiger partial charge in [0.1, 0.15) is 17.1 Å². The van der Waals surface area contributed by atoms with Gasteiger partial charge in [-0.05, 0) is 40.2 Å². The second-order valence-corrected chi connectivity index (χ2v) is 4.37. The van der Waals surface area contributed by atoms with Crippen molar-refractivity contribution in [3.05, 3.63) is 58.6 Å². The molecule has 0 bridgehead atoms. The molecule has 0 radical (unpaired) electrons. The van der Waals surface area contributed by atoms with Crippen molar-refractivity contribution < 1.29 is 14.3 Å². The van der Waals surface area contributed by atoms with Gasteiger partial charge in [-0.1, -0.05) is 24.3 Å². The molecule has 0 saturated heterocycles. The molecule has 92 valence electrons. The molecule has 4 heteroatoms. The molecule has 0 N–H and O–H groups in total. The summed E-state index contributed by atoms with van der Waals surface area (Å²) in [4.78, 5) is 11.6. The van der Waals surface area contributed by atoms with E-state index in [0.717, 1.165) is 4.47 Å². The van der Waals surface area contributed by atoms with Gasteiger partial charge in [0, 0.05) is 0 Å². The van der Waals surface area contributed by atoms with Gasteiger partial charge in [-0.3, -0.25) is 0 Å². The summed E-state index contributed by atoms with van der Waals surface area (Å²) in [5.74, 6) is 0.697. The van der Waals surface area contributed by atoms with Crippen molar-refractivity contribution >= 4 is 21.9 Å². The van der Waals surface area contributed by atoms with Gasteiger partial charge in [0.25, 0.3) is 0 Å². The van der Waals surface area contributed by atoms with Crippen LogP contribution >= 0.6 is 15.9 Å². The molecule has 0 heterocycles. The summed E-state index contributed by atoms with van der Waals surface area (Å²) in [6.07, 6.45) is 0. The number of methoxy groups -OCH3 is 1. The molecule has 0 amide bonds. The predicted molar refractivity (Wildman–Crippen MR) is 72.0 cm³/mol. The van der Waals surface area contributed by atoms with E-state index in [-0.39, 0.29) is 0 Å². The number of hydrogen-bond acceptors (Lipinski definition) is 3. The van der Waals surface area contributed by atoms with E-state index in [1.807, 2.05) is 24.3 Å². The van der Waals surface area contributed by atoms with Crippen molar-refractivity contribution in [2.24, 2.45) is 0 Å². The standard InChI is InChI=1S/C14H11BrO3/c1-17-14(16)10-6-2-4-8-12(10)18-13-9-5-3-7-11(13)15/h2-9H,1H3. The number of rotatable bonds is 3. The fourth-order valence-electron chi connectivity index (χ4n) is 1.48. The zero-order valence-electron chi connectivity index (χ0n) is 9.72. The van der Waals surface area contributed by atoms with Crippen LogP contribution in [-0.2, 0) is 4.74 Å². The third-order valence-corrected chi connectivity index (χ3v) is 3.00. The van der Waals surface area contributed by atoms with E-state index >= 15 is 0 Å². The first-order valence-corrected chi connectivity index (χ1v) is 6.11. The average Bonchev–Trinajstić information content (AvgIpc) is 2.41. The number of carbonyl (C=O) groups excluding carboxylic acids is 1. The summed E-state index contributed by atoms with van der Waals surface area (Å²) in [5, 5.41) is 0. The highest BCUT2D eigenvalue weighted by atomic mass is 79.9. The number of halogens is 1. The normalized spacial score (nSPS) is 9.89. The van der Waals surface area contributed by atoms with E-state index < -0.39 is 5.97 Å². The van der Waals surface area contributed by atoms with Crippen LogP contribution in [0.4, 0.5) is 0 Å². The lowest BCUT2D eigenvalue weighted by molar-refractivity contribution is 0.0598. The largest absolute Gasteiger partial charge is 0.465 e. The third-order valence-electron chi connectivity index (χ3n) is 2.35. The van der Waals surface area contributed by atoms with Crippen LogP contribution in [-0.4, -0.2) is 13.1 Å². The van der Waals surface area contributed by atoms with Crippen molar-refractivity contribution in [3.8, 4) is 11.5 Å². The summed E-state index contributed by atoms with van der Waals surface area (Å²) in [5.41, 5.74) is 0.399. The van der Waals surface area contributed by atoms with Crippen molar-refractivity contribution in [2.45, 2.75) is 0 Å². The summed E-state index contributed by atoms with van der Waals surface area (Å²) >= 11 is 3.39. The lowest BCUT2D eigenvalue weighted by Gasteiger charge is -2.10. The molecule has 0 aliphatic rings. The number of para-hydroxylation sites is 2. The third kappa shape index (κ3) is 2.71. The minimum atomic E-state index is -0.419. The molecule has 2 rings (SSSR count). The van der Waals surface area contributed by atoms with Crippen LogP contribution in [0.1, 0.15) is 10.4 Å². The number of benzene rings is 2. The van der Waals surface area contributed by atoms with E-state index in [1.165, 1.54) is 7.11 Å². The first-order valence-electron chi connectivity index (χ1n) is 5.32. The summed E-state index contributed by atoms with van der Waals surface area (Å²) < 4.78 is 11.3. The van der Waals surface area contributed by atoms with Gasteiger partial charge in [-0.25, -0.2) is 4.79 Å². The maximum atomic E-state index is 11.6. The van der Waals surface area contributed by atoms with Crippen LogP contribution in [0, 0.1) is 0 Å². The zero-order valence-corrected chi connectivity index (χ0v) is 11.3. The minimum Gasteiger partial charge on any atom is -0.465 e. The van der Waals surface area contributed by atoms with E-state index in [9.17, 15) is 4.79 Å². The molecule has 18 heavy (non-hydrogen) atoms. The predicted octanol–water partition coefficient (Wildman–Crippen LogP) is 4.03. The fourth-order valence-corrected chi connectivity index (χ4v) is 1.85. The minimum absolute atomic E-state index is 0.399. The van der Waals surface area contributed by atoms with Gasteiger partial charge in [-0.2, -0.15) is 0 Å². The average molecular weight is 307 g/mol. The lowest BCUT2D eigenvalue weighted by Crippen LogP contribution is -2.03. The number of hydrogen-bond donors (Lipinski definition) is 0. The first-order chi connectivity index (χ1) is 8.72. The van der Waals surface area contributed by atoms with Crippen molar-refractivity contribution in [1.29, 1.82) is 0 Å². The molecule has 0 fully saturated rings. The maximum absolute atomic E-state index is 11.6. The lowest BCUT2D eigenvalue weighted by atomic mass is 10.2. The Bertz CT molecular complexity index is 566. The van der Waals surface area contributed by atoms with Crippen LogP contribution in [0.3, 0.4) is 0 Å². The Hall–Kier alpha value is -1.81. The van der Waals surface area contributed by atoms with Gasteiger partial charge in [0.2, 0.25) is 0 Å². The van der Waals surface area contributed by atoms with Gasteiger partial charge in [0.05, 0.1) is 11.6 Å². The molecule has 2 aromatic rings. The van der Waals surface area contributed by atoms with Crippen LogP contribution in [0.15, 0.2) is 53.0 Å². The van der Waals surface area contributed by atoms with Crippen molar-refractivity contribution in [1.82, 2.24) is 0 Å². The second kappa shape index (κ2) is 5.69. The number of carbonyl (C=O) groups is 1. The van der Waals surface area contributed by atoms with E-state index in [1.54, 1.807) is 24.3 Å². The fraction of sp³-hybridized carbons (Fsp3) is 0.0714. The molecule has 3 nitrogen and oxygen atoms in total. The molecule has 0 aliphatic carbocycles. The monoisotopic (exact) mass is 306 g/mol. The van der Waals surface area contributed by atoms with Gasteiger partial charge in [0.15, 0.2) is 0 Å². The Balaban J connectivity index is 2.35. The molecular formula is C14H11BrO3. The number of ether oxygens (including phenoxy) is 2. The molecule has 0 saturated carbocycles. The molecule has 0 atom stereocenters. The molecule has 2 aromatic carbocycles. The first kappa shape index (κ1) is 12.6. The Kier molecular flexibility index (Phi) is 3.99. The highest BCUT2D eigenvalue weighted by Crippen LogP contribution is 2.31. The van der Waals surface area contributed by atoms with Crippen LogP contribution in [0.5, 0.6) is 11.5 Å². The molecule has 0 aliphatic heterocycles. The van der Waals surface area contributed by atoms with Crippen LogP contribution in [0.25, 0.3) is 0 Å². The zero-order chi connectivity index (χ0) is 13.0. The maximum Gasteiger partial charge on any atom is 0.341 e. The summed E-state index contributed by atoms with van der Waals surface area (Å²) in [6.45, 7) is 0. The second-order valence-electron chi connectivity index (χ2n) is 3.52. The summed E-state index contributed by atoms with van der Waals surface area (Å²) in [6, 6.07) is 14.4. The van der Waals surface area contributed by atoms with Gasteiger partial charge >= 0.3 is 5.97 Å².